The number of carbonyl (C=O) groups excluding carboxylic acids is 1. The van der Waals surface area contributed by atoms with Crippen molar-refractivity contribution in [1.29, 1.82) is 0 Å². The van der Waals surface area contributed by atoms with Crippen LogP contribution in [0, 0.1) is 0 Å². The molecule has 0 aliphatic carbocycles. The van der Waals surface area contributed by atoms with Crippen LogP contribution in [-0.4, -0.2) is 48.8 Å². The molecular formula is C25H33N3O4. The molecule has 0 saturated carbocycles. The van der Waals surface area contributed by atoms with Gasteiger partial charge >= 0.3 is 0 Å². The van der Waals surface area contributed by atoms with E-state index in [1.807, 2.05) is 54.6 Å². The molecule has 1 amide bonds. The summed E-state index contributed by atoms with van der Waals surface area (Å²) >= 11 is 0. The Labute approximate surface area is 189 Å². The molecule has 32 heavy (non-hydrogen) atoms. The van der Waals surface area contributed by atoms with E-state index in [1.54, 1.807) is 0 Å². The third-order valence-corrected chi connectivity index (χ3v) is 5.30. The first kappa shape index (κ1) is 23.8. The normalized spacial score (nSPS) is 17.5. The van der Waals surface area contributed by atoms with Gasteiger partial charge in [-0.3, -0.25) is 10.2 Å². The summed E-state index contributed by atoms with van der Waals surface area (Å²) in [7, 11) is 0. The first-order valence-corrected chi connectivity index (χ1v) is 11.3. The van der Waals surface area contributed by atoms with Crippen molar-refractivity contribution in [2.75, 3.05) is 26.4 Å². The molecule has 0 saturated heterocycles. The largest absolute Gasteiger partial charge is 0.494 e. The fraction of sp³-hybridized carbons (Fsp3) is 0.440. The number of amides is 1. The molecule has 0 radical (unpaired) electrons. The number of carbonyl (C=O) groups is 1. The van der Waals surface area contributed by atoms with Crippen LogP contribution < -0.4 is 15.6 Å². The topological polar surface area (TPSA) is 92.2 Å². The van der Waals surface area contributed by atoms with Gasteiger partial charge in [0.25, 0.3) is 5.91 Å². The van der Waals surface area contributed by atoms with E-state index in [0.29, 0.717) is 31.1 Å². The molecule has 3 N–H and O–H groups in total. The minimum absolute atomic E-state index is 0.0990. The molecule has 7 heteroatoms. The number of aliphatic imine (C=N–C) groups is 1. The van der Waals surface area contributed by atoms with Crippen molar-refractivity contribution in [1.82, 2.24) is 10.9 Å². The van der Waals surface area contributed by atoms with Crippen LogP contribution in [0.4, 0.5) is 0 Å². The second kappa shape index (κ2) is 12.2. The summed E-state index contributed by atoms with van der Waals surface area (Å²) in [6, 6.07) is 17.3. The number of unbranched alkanes of at least 4 members (excludes halogenated alkanes) is 2. The third kappa shape index (κ3) is 6.55. The second-order valence-corrected chi connectivity index (χ2v) is 7.94. The number of hydrogen-bond donors (Lipinski definition) is 3. The molecule has 1 atom stereocenters. The summed E-state index contributed by atoms with van der Waals surface area (Å²) in [5, 5.41) is 8.87. The van der Waals surface area contributed by atoms with Crippen LogP contribution in [0.25, 0.3) is 0 Å². The first-order valence-electron chi connectivity index (χ1n) is 11.3. The number of hydrazine groups is 1. The Morgan fingerprint density at radius 3 is 2.62 bits per heavy atom. The van der Waals surface area contributed by atoms with E-state index < -0.39 is 5.54 Å². The molecule has 1 aliphatic rings. The Hall–Kier alpha value is -2.90. The average Bonchev–Trinajstić information content (AvgIpc) is 3.25. The molecule has 3 rings (SSSR count). The van der Waals surface area contributed by atoms with E-state index in [0.717, 1.165) is 36.9 Å². The highest BCUT2D eigenvalue weighted by Gasteiger charge is 2.44. The monoisotopic (exact) mass is 439 g/mol. The lowest BCUT2D eigenvalue weighted by Gasteiger charge is -2.23. The van der Waals surface area contributed by atoms with E-state index in [4.69, 9.17) is 19.6 Å². The van der Waals surface area contributed by atoms with Crippen LogP contribution in [0.1, 0.15) is 43.7 Å². The van der Waals surface area contributed by atoms with Crippen molar-refractivity contribution in [3.63, 3.8) is 0 Å². The maximum atomic E-state index is 13.2. The maximum absolute atomic E-state index is 13.2. The van der Waals surface area contributed by atoms with E-state index in [1.165, 1.54) is 0 Å². The Kier molecular flexibility index (Phi) is 9.07. The maximum Gasteiger partial charge on any atom is 0.266 e. The number of hydrogen-bond acceptors (Lipinski definition) is 6. The molecule has 2 aromatic rings. The number of nitrogens with one attached hydrogen (secondary N) is 2. The Morgan fingerprint density at radius 1 is 1.12 bits per heavy atom. The molecule has 7 nitrogen and oxygen atoms in total. The van der Waals surface area contributed by atoms with Crippen molar-refractivity contribution in [2.45, 2.75) is 44.6 Å². The molecular weight excluding hydrogens is 406 g/mol. The highest BCUT2D eigenvalue weighted by Crippen LogP contribution is 2.27. The summed E-state index contributed by atoms with van der Waals surface area (Å²) in [4.78, 5) is 18.0. The van der Waals surface area contributed by atoms with Crippen molar-refractivity contribution in [3.8, 4) is 5.75 Å². The van der Waals surface area contributed by atoms with Gasteiger partial charge in [0, 0.05) is 31.6 Å². The number of nitrogens with zero attached hydrogens (tertiary/aromatic N) is 1. The smallest absolute Gasteiger partial charge is 0.266 e. The van der Waals surface area contributed by atoms with E-state index >= 15 is 0 Å². The SMILES string of the molecule is CCCCCNNC(=O)[C@]1(Cc2ccccc2)COC(c2ccc(OCCCO)cc2)=N1. The lowest BCUT2D eigenvalue weighted by molar-refractivity contribution is -0.127. The van der Waals surface area contributed by atoms with Crippen LogP contribution in [0.15, 0.2) is 59.6 Å². The van der Waals surface area contributed by atoms with Crippen molar-refractivity contribution < 1.29 is 19.4 Å². The molecule has 0 fully saturated rings. The second-order valence-electron chi connectivity index (χ2n) is 7.94. The van der Waals surface area contributed by atoms with Gasteiger partial charge in [-0.1, -0.05) is 50.1 Å². The van der Waals surface area contributed by atoms with Gasteiger partial charge in [0.2, 0.25) is 5.90 Å². The molecule has 0 unspecified atom stereocenters. The standard InChI is InChI=1S/C25H33N3O4/c1-2-3-7-15-26-28-24(30)25(18-20-9-5-4-6-10-20)19-32-23(27-25)21-11-13-22(14-12-21)31-17-8-16-29/h4-6,9-14,26,29H,2-3,7-8,15-19H2,1H3,(H,28,30)/t25-/m0/s1. The van der Waals surface area contributed by atoms with Gasteiger partial charge in [-0.05, 0) is 36.2 Å². The predicted octanol–water partition coefficient (Wildman–Crippen LogP) is 3.02. The first-order chi connectivity index (χ1) is 15.7. The predicted molar refractivity (Wildman–Crippen MR) is 125 cm³/mol. The van der Waals surface area contributed by atoms with Gasteiger partial charge in [-0.25, -0.2) is 10.4 Å². The molecule has 0 spiro atoms. The zero-order valence-electron chi connectivity index (χ0n) is 18.7. The zero-order valence-corrected chi connectivity index (χ0v) is 18.7. The van der Waals surface area contributed by atoms with Gasteiger partial charge in [0.15, 0.2) is 5.54 Å². The highest BCUT2D eigenvalue weighted by atomic mass is 16.5. The Bertz CT molecular complexity index is 871. The number of rotatable bonds is 13. The molecule has 1 aliphatic heterocycles. The van der Waals surface area contributed by atoms with E-state index in [2.05, 4.69) is 17.8 Å². The Balaban J connectivity index is 1.74. The fourth-order valence-corrected chi connectivity index (χ4v) is 3.49. The summed E-state index contributed by atoms with van der Waals surface area (Å²) in [5.74, 6) is 0.964. The third-order valence-electron chi connectivity index (χ3n) is 5.30. The quantitative estimate of drug-likeness (QED) is 0.330. The summed E-state index contributed by atoms with van der Waals surface area (Å²) in [5.41, 5.74) is 6.65. The van der Waals surface area contributed by atoms with Crippen LogP contribution in [0.2, 0.25) is 0 Å². The molecule has 0 bridgehead atoms. The Morgan fingerprint density at radius 2 is 1.91 bits per heavy atom. The lowest BCUT2D eigenvalue weighted by Crippen LogP contribution is -2.53. The number of aliphatic hydroxyl groups excluding tert-OH is 1. The van der Waals surface area contributed by atoms with Crippen LogP contribution in [0.3, 0.4) is 0 Å². The van der Waals surface area contributed by atoms with Crippen molar-refractivity contribution in [3.05, 3.63) is 65.7 Å². The lowest BCUT2D eigenvalue weighted by atomic mass is 9.91. The van der Waals surface area contributed by atoms with Gasteiger partial charge < -0.3 is 14.6 Å². The fourth-order valence-electron chi connectivity index (χ4n) is 3.49. The van der Waals surface area contributed by atoms with Gasteiger partial charge in [-0.15, -0.1) is 0 Å². The van der Waals surface area contributed by atoms with E-state index in [9.17, 15) is 4.79 Å². The van der Waals surface area contributed by atoms with E-state index in [-0.39, 0.29) is 19.1 Å². The molecule has 2 aromatic carbocycles. The number of benzene rings is 2. The van der Waals surface area contributed by atoms with Gasteiger partial charge in [0.1, 0.15) is 12.4 Å². The van der Waals surface area contributed by atoms with Crippen LogP contribution in [-0.2, 0) is 16.0 Å². The molecule has 172 valence electrons. The minimum atomic E-state index is -1.04. The zero-order chi connectivity index (χ0) is 22.7. The van der Waals surface area contributed by atoms with Gasteiger partial charge in [0.05, 0.1) is 6.61 Å². The summed E-state index contributed by atoms with van der Waals surface area (Å²) in [6.07, 6.45) is 4.27. The number of ether oxygens (including phenoxy) is 2. The average molecular weight is 440 g/mol. The minimum Gasteiger partial charge on any atom is -0.494 e. The number of aliphatic hydroxyl groups is 1. The van der Waals surface area contributed by atoms with Crippen LogP contribution >= 0.6 is 0 Å². The molecule has 0 aromatic heterocycles. The van der Waals surface area contributed by atoms with Crippen molar-refractivity contribution in [2.24, 2.45) is 4.99 Å². The van der Waals surface area contributed by atoms with Gasteiger partial charge in [-0.2, -0.15) is 0 Å². The van der Waals surface area contributed by atoms with Crippen LogP contribution in [0.5, 0.6) is 5.75 Å². The summed E-state index contributed by atoms with van der Waals surface area (Å²) < 4.78 is 11.5. The van der Waals surface area contributed by atoms with Crippen molar-refractivity contribution >= 4 is 11.8 Å². The summed E-state index contributed by atoms with van der Waals surface area (Å²) in [6.45, 7) is 3.60. The molecule has 1 heterocycles. The highest BCUT2D eigenvalue weighted by molar-refractivity contribution is 6.00.